The molecule has 0 aliphatic carbocycles. The summed E-state index contributed by atoms with van der Waals surface area (Å²) in [6.45, 7) is 0.463. The van der Waals surface area contributed by atoms with Gasteiger partial charge >= 0.3 is 0 Å². The van der Waals surface area contributed by atoms with Gasteiger partial charge in [-0.05, 0) is 82.2 Å². The topological polar surface area (TPSA) is 72.0 Å². The zero-order valence-corrected chi connectivity index (χ0v) is 20.7. The molecule has 0 aromatic heterocycles. The van der Waals surface area contributed by atoms with Gasteiger partial charge in [0.25, 0.3) is 5.91 Å². The van der Waals surface area contributed by atoms with Gasteiger partial charge < -0.3 is 14.8 Å². The number of hydrogen-bond acceptors (Lipinski definition) is 5. The second-order valence-electron chi connectivity index (χ2n) is 6.60. The fraction of sp³-hybridized carbons (Fsp3) is 0.130. The van der Waals surface area contributed by atoms with E-state index >= 15 is 0 Å². The van der Waals surface area contributed by atoms with Crippen molar-refractivity contribution in [2.24, 2.45) is 5.10 Å². The number of hydrazone groups is 1. The lowest BCUT2D eigenvalue weighted by molar-refractivity contribution is -0.119. The molecule has 0 unspecified atom stereocenters. The molecule has 9 heteroatoms. The van der Waals surface area contributed by atoms with Crippen LogP contribution in [0.15, 0.2) is 65.8 Å². The van der Waals surface area contributed by atoms with Gasteiger partial charge in [0.05, 0.1) is 23.4 Å². The minimum atomic E-state index is -0.277. The predicted octanol–water partition coefficient (Wildman–Crippen LogP) is 5.75. The minimum Gasteiger partial charge on any atom is -0.493 e. The van der Waals surface area contributed by atoms with E-state index in [1.807, 2.05) is 30.3 Å². The van der Waals surface area contributed by atoms with E-state index in [9.17, 15) is 4.79 Å². The number of methoxy groups -OCH3 is 1. The maximum atomic E-state index is 12.0. The number of halogens is 3. The first kappa shape index (κ1) is 24.2. The van der Waals surface area contributed by atoms with Crippen LogP contribution in [0, 0.1) is 3.57 Å². The van der Waals surface area contributed by atoms with E-state index < -0.39 is 0 Å². The number of anilines is 1. The third kappa shape index (κ3) is 7.29. The molecule has 1 amide bonds. The standard InChI is InChI=1S/C23H20Cl2IN3O3/c1-31-21-11-16(10-20(26)23(21)32-14-15-2-4-17(24)5-3-15)12-28-29-22(30)13-27-19-8-6-18(25)7-9-19/h2-12,27H,13-14H2,1H3,(H,29,30)/b28-12-. The Balaban J connectivity index is 1.57. The second-order valence-corrected chi connectivity index (χ2v) is 8.64. The first-order valence-electron chi connectivity index (χ1n) is 9.50. The molecule has 0 fully saturated rings. The molecular formula is C23H20Cl2IN3O3. The molecule has 0 aliphatic heterocycles. The van der Waals surface area contributed by atoms with Gasteiger partial charge in [0.1, 0.15) is 6.61 Å². The summed E-state index contributed by atoms with van der Waals surface area (Å²) in [6.07, 6.45) is 1.55. The fourth-order valence-electron chi connectivity index (χ4n) is 2.66. The molecule has 3 aromatic carbocycles. The second kappa shape index (κ2) is 11.9. The van der Waals surface area contributed by atoms with E-state index in [0.29, 0.717) is 28.2 Å². The van der Waals surface area contributed by atoms with Crippen LogP contribution in [0.3, 0.4) is 0 Å². The molecular weight excluding hydrogens is 564 g/mol. The largest absolute Gasteiger partial charge is 0.493 e. The van der Waals surface area contributed by atoms with E-state index in [1.165, 1.54) is 0 Å². The number of hydrogen-bond donors (Lipinski definition) is 2. The van der Waals surface area contributed by atoms with Gasteiger partial charge in [0.2, 0.25) is 0 Å². The first-order valence-corrected chi connectivity index (χ1v) is 11.3. The Bertz CT molecular complexity index is 1090. The van der Waals surface area contributed by atoms with E-state index in [4.69, 9.17) is 32.7 Å². The maximum absolute atomic E-state index is 12.0. The van der Waals surface area contributed by atoms with Gasteiger partial charge in [0.15, 0.2) is 11.5 Å². The van der Waals surface area contributed by atoms with Crippen molar-refractivity contribution in [2.45, 2.75) is 6.61 Å². The summed E-state index contributed by atoms with van der Waals surface area (Å²) in [6, 6.07) is 18.2. The Morgan fingerprint density at radius 3 is 2.38 bits per heavy atom. The van der Waals surface area contributed by atoms with Crippen molar-refractivity contribution in [1.82, 2.24) is 5.43 Å². The maximum Gasteiger partial charge on any atom is 0.259 e. The van der Waals surface area contributed by atoms with Crippen molar-refractivity contribution in [2.75, 3.05) is 19.0 Å². The summed E-state index contributed by atoms with van der Waals surface area (Å²) in [5, 5.41) is 8.33. The van der Waals surface area contributed by atoms with Crippen LogP contribution in [-0.2, 0) is 11.4 Å². The third-order valence-electron chi connectivity index (χ3n) is 4.25. The predicted molar refractivity (Wildman–Crippen MR) is 137 cm³/mol. The highest BCUT2D eigenvalue weighted by atomic mass is 127. The molecule has 3 rings (SSSR count). The molecule has 0 atom stereocenters. The molecule has 3 aromatic rings. The van der Waals surface area contributed by atoms with E-state index in [2.05, 4.69) is 38.4 Å². The lowest BCUT2D eigenvalue weighted by Crippen LogP contribution is -2.25. The van der Waals surface area contributed by atoms with Crippen molar-refractivity contribution in [1.29, 1.82) is 0 Å². The normalized spacial score (nSPS) is 10.8. The summed E-state index contributed by atoms with van der Waals surface area (Å²) >= 11 is 13.9. The van der Waals surface area contributed by atoms with Crippen LogP contribution in [-0.4, -0.2) is 25.8 Å². The van der Waals surface area contributed by atoms with Crippen LogP contribution in [0.4, 0.5) is 5.69 Å². The number of carbonyl (C=O) groups is 1. The molecule has 32 heavy (non-hydrogen) atoms. The molecule has 6 nitrogen and oxygen atoms in total. The Labute approximate surface area is 210 Å². The molecule has 2 N–H and O–H groups in total. The number of carbonyl (C=O) groups excluding carboxylic acids is 1. The monoisotopic (exact) mass is 583 g/mol. The zero-order valence-electron chi connectivity index (χ0n) is 17.1. The number of rotatable bonds is 9. The minimum absolute atomic E-state index is 0.0807. The summed E-state index contributed by atoms with van der Waals surface area (Å²) in [5.74, 6) is 0.931. The van der Waals surface area contributed by atoms with E-state index in [-0.39, 0.29) is 12.5 Å². The number of nitrogens with one attached hydrogen (secondary N) is 2. The lowest BCUT2D eigenvalue weighted by Gasteiger charge is -2.13. The number of nitrogens with zero attached hydrogens (tertiary/aromatic N) is 1. The average Bonchev–Trinajstić information content (AvgIpc) is 2.79. The Hall–Kier alpha value is -2.49. The third-order valence-corrected chi connectivity index (χ3v) is 5.55. The number of benzene rings is 3. The average molecular weight is 584 g/mol. The Kier molecular flexibility index (Phi) is 9.01. The van der Waals surface area contributed by atoms with Gasteiger partial charge in [0, 0.05) is 15.7 Å². The van der Waals surface area contributed by atoms with Crippen LogP contribution in [0.2, 0.25) is 10.0 Å². The van der Waals surface area contributed by atoms with Crippen LogP contribution in [0.25, 0.3) is 0 Å². The van der Waals surface area contributed by atoms with Gasteiger partial charge in [-0.25, -0.2) is 5.43 Å². The first-order chi connectivity index (χ1) is 15.4. The summed E-state index contributed by atoms with van der Waals surface area (Å²) in [5.41, 5.74) is 5.04. The molecule has 0 radical (unpaired) electrons. The molecule has 0 aliphatic rings. The van der Waals surface area contributed by atoms with Gasteiger partial charge in [-0.15, -0.1) is 0 Å². The van der Waals surface area contributed by atoms with E-state index in [1.54, 1.807) is 43.7 Å². The molecule has 0 heterocycles. The Morgan fingerprint density at radius 2 is 1.72 bits per heavy atom. The SMILES string of the molecule is COc1cc(/C=N\NC(=O)CNc2ccc(Cl)cc2)cc(I)c1OCc1ccc(Cl)cc1. The van der Waals surface area contributed by atoms with Crippen LogP contribution < -0.4 is 20.2 Å². The zero-order chi connectivity index (χ0) is 22.9. The van der Waals surface area contributed by atoms with Crippen LogP contribution in [0.1, 0.15) is 11.1 Å². The van der Waals surface area contributed by atoms with Crippen molar-refractivity contribution < 1.29 is 14.3 Å². The molecule has 0 spiro atoms. The van der Waals surface area contributed by atoms with Gasteiger partial charge in [-0.2, -0.15) is 5.10 Å². The Morgan fingerprint density at radius 1 is 1.06 bits per heavy atom. The van der Waals surface area contributed by atoms with E-state index in [0.717, 1.165) is 20.4 Å². The highest BCUT2D eigenvalue weighted by Crippen LogP contribution is 2.34. The molecule has 166 valence electrons. The number of ether oxygens (including phenoxy) is 2. The smallest absolute Gasteiger partial charge is 0.259 e. The van der Waals surface area contributed by atoms with Crippen molar-refractivity contribution in [3.05, 3.63) is 85.4 Å². The molecule has 0 saturated carbocycles. The summed E-state index contributed by atoms with van der Waals surface area (Å²) in [4.78, 5) is 12.0. The van der Waals surface area contributed by atoms with Gasteiger partial charge in [-0.1, -0.05) is 35.3 Å². The van der Waals surface area contributed by atoms with Crippen molar-refractivity contribution in [3.63, 3.8) is 0 Å². The quantitative estimate of drug-likeness (QED) is 0.191. The molecule has 0 bridgehead atoms. The summed E-state index contributed by atoms with van der Waals surface area (Å²) < 4.78 is 12.3. The van der Waals surface area contributed by atoms with Crippen LogP contribution >= 0.6 is 45.8 Å². The highest BCUT2D eigenvalue weighted by molar-refractivity contribution is 14.1. The van der Waals surface area contributed by atoms with Gasteiger partial charge in [-0.3, -0.25) is 4.79 Å². The van der Waals surface area contributed by atoms with Crippen molar-refractivity contribution >= 4 is 63.6 Å². The highest BCUT2D eigenvalue weighted by Gasteiger charge is 2.12. The number of amides is 1. The lowest BCUT2D eigenvalue weighted by atomic mass is 10.2. The van der Waals surface area contributed by atoms with Crippen molar-refractivity contribution in [3.8, 4) is 11.5 Å². The summed E-state index contributed by atoms with van der Waals surface area (Å²) in [7, 11) is 1.58. The van der Waals surface area contributed by atoms with Crippen LogP contribution in [0.5, 0.6) is 11.5 Å². The molecule has 0 saturated heterocycles. The fourth-order valence-corrected chi connectivity index (χ4v) is 3.69.